The van der Waals surface area contributed by atoms with Gasteiger partial charge in [0.25, 0.3) is 5.92 Å². The van der Waals surface area contributed by atoms with E-state index in [0.29, 0.717) is 0 Å². The summed E-state index contributed by atoms with van der Waals surface area (Å²) in [5.74, 6) is -4.37. The molecule has 0 radical (unpaired) electrons. The number of benzene rings is 1. The van der Waals surface area contributed by atoms with Crippen molar-refractivity contribution in [1.82, 2.24) is 0 Å². The van der Waals surface area contributed by atoms with Gasteiger partial charge >= 0.3 is 5.97 Å². The van der Waals surface area contributed by atoms with Gasteiger partial charge in [0.2, 0.25) is 0 Å². The number of halogens is 2. The van der Waals surface area contributed by atoms with Gasteiger partial charge in [0, 0.05) is 12.0 Å². The molecular weight excluding hydrogens is 262 g/mol. The van der Waals surface area contributed by atoms with Gasteiger partial charge < -0.3 is 5.11 Å². The van der Waals surface area contributed by atoms with Crippen LogP contribution in [-0.4, -0.2) is 11.1 Å². The highest BCUT2D eigenvalue weighted by molar-refractivity contribution is 5.73. The van der Waals surface area contributed by atoms with Crippen LogP contribution < -0.4 is 0 Å². The van der Waals surface area contributed by atoms with Gasteiger partial charge in [0.1, 0.15) is 0 Å². The van der Waals surface area contributed by atoms with Crippen LogP contribution in [0.15, 0.2) is 24.3 Å². The van der Waals surface area contributed by atoms with Gasteiger partial charge in [-0.25, -0.2) is 8.78 Å². The van der Waals surface area contributed by atoms with Crippen molar-refractivity contribution in [1.29, 1.82) is 0 Å². The van der Waals surface area contributed by atoms with E-state index in [9.17, 15) is 13.6 Å². The van der Waals surface area contributed by atoms with Crippen molar-refractivity contribution in [2.45, 2.75) is 52.4 Å². The molecule has 2 nitrogen and oxygen atoms in total. The molecule has 1 aromatic rings. The van der Waals surface area contributed by atoms with E-state index in [4.69, 9.17) is 5.11 Å². The Kier molecular flexibility index (Phi) is 4.28. The van der Waals surface area contributed by atoms with Crippen LogP contribution in [-0.2, 0) is 16.1 Å². The maximum absolute atomic E-state index is 14.2. The average molecular weight is 284 g/mol. The lowest BCUT2D eigenvalue weighted by Gasteiger charge is -2.27. The number of rotatable bonds is 4. The van der Waals surface area contributed by atoms with Crippen LogP contribution in [0.5, 0.6) is 0 Å². The average Bonchev–Trinajstić information content (AvgIpc) is 2.26. The first-order valence-electron chi connectivity index (χ1n) is 6.58. The minimum absolute atomic E-state index is 0.103. The first-order valence-corrected chi connectivity index (χ1v) is 6.58. The molecule has 1 aromatic carbocycles. The third-order valence-electron chi connectivity index (χ3n) is 3.42. The van der Waals surface area contributed by atoms with Gasteiger partial charge in [-0.05, 0) is 24.8 Å². The maximum atomic E-state index is 14.2. The summed E-state index contributed by atoms with van der Waals surface area (Å²) in [5.41, 5.74) is -0.741. The lowest BCUT2D eigenvalue weighted by Crippen LogP contribution is -2.31. The molecule has 112 valence electrons. The van der Waals surface area contributed by atoms with Crippen LogP contribution in [0.2, 0.25) is 0 Å². The SMILES string of the molecule is CC(C)(CC(F)(F)c1ccc(C(C)(C)C)cc1)C(=O)O. The predicted molar refractivity (Wildman–Crippen MR) is 75.1 cm³/mol. The molecule has 0 amide bonds. The second-order valence-corrected chi connectivity index (χ2v) is 6.90. The predicted octanol–water partition coefficient (Wildman–Crippen LogP) is 4.58. The lowest BCUT2D eigenvalue weighted by atomic mass is 9.82. The summed E-state index contributed by atoms with van der Waals surface area (Å²) in [5, 5.41) is 8.97. The van der Waals surface area contributed by atoms with E-state index < -0.39 is 23.7 Å². The Hall–Kier alpha value is -1.45. The molecule has 0 saturated heterocycles. The molecule has 0 saturated carbocycles. The highest BCUT2D eigenvalue weighted by Crippen LogP contribution is 2.40. The lowest BCUT2D eigenvalue weighted by molar-refractivity contribution is -0.153. The molecular formula is C16H22F2O2. The minimum atomic E-state index is -3.15. The molecule has 0 aliphatic rings. The molecule has 0 heterocycles. The summed E-state index contributed by atoms with van der Waals surface area (Å²) in [6.45, 7) is 8.65. The molecule has 0 fully saturated rings. The van der Waals surface area contributed by atoms with E-state index in [1.165, 1.54) is 26.0 Å². The summed E-state index contributed by atoms with van der Waals surface area (Å²) >= 11 is 0. The first kappa shape index (κ1) is 16.6. The Bertz CT molecular complexity index is 482. The van der Waals surface area contributed by atoms with Crippen LogP contribution in [0.3, 0.4) is 0 Å². The normalized spacial score (nSPS) is 13.3. The zero-order chi connectivity index (χ0) is 15.8. The highest BCUT2D eigenvalue weighted by Gasteiger charge is 2.42. The largest absolute Gasteiger partial charge is 0.481 e. The molecule has 0 aliphatic carbocycles. The molecule has 4 heteroatoms. The number of hydrogen-bond acceptors (Lipinski definition) is 1. The van der Waals surface area contributed by atoms with Gasteiger partial charge in [0.05, 0.1) is 5.41 Å². The van der Waals surface area contributed by atoms with Crippen LogP contribution in [0, 0.1) is 5.41 Å². The smallest absolute Gasteiger partial charge is 0.309 e. The van der Waals surface area contributed by atoms with Gasteiger partial charge in [-0.15, -0.1) is 0 Å². The third kappa shape index (κ3) is 3.78. The summed E-state index contributed by atoms with van der Waals surface area (Å²) in [6, 6.07) is 6.13. The molecule has 0 atom stereocenters. The van der Waals surface area contributed by atoms with E-state index in [-0.39, 0.29) is 11.0 Å². The standard InChI is InChI=1S/C16H22F2O2/c1-14(2,3)11-6-8-12(9-7-11)16(17,18)10-15(4,5)13(19)20/h6-9H,10H2,1-5H3,(H,19,20). The number of carboxylic acid groups (broad SMARTS) is 1. The van der Waals surface area contributed by atoms with Crippen molar-refractivity contribution in [3.8, 4) is 0 Å². The van der Waals surface area contributed by atoms with Gasteiger partial charge in [-0.2, -0.15) is 0 Å². The molecule has 0 spiro atoms. The summed E-state index contributed by atoms with van der Waals surface area (Å²) in [4.78, 5) is 11.0. The maximum Gasteiger partial charge on any atom is 0.309 e. The number of carbonyl (C=O) groups is 1. The number of alkyl halides is 2. The van der Waals surface area contributed by atoms with Crippen molar-refractivity contribution < 1.29 is 18.7 Å². The van der Waals surface area contributed by atoms with E-state index in [2.05, 4.69) is 0 Å². The Balaban J connectivity index is 3.02. The van der Waals surface area contributed by atoms with Crippen molar-refractivity contribution >= 4 is 5.97 Å². The fourth-order valence-corrected chi connectivity index (χ4v) is 1.95. The Labute approximate surface area is 118 Å². The number of carboxylic acids is 1. The molecule has 0 aromatic heterocycles. The summed E-state index contributed by atoms with van der Waals surface area (Å²) in [6.07, 6.45) is -0.718. The second kappa shape index (κ2) is 5.15. The van der Waals surface area contributed by atoms with Crippen molar-refractivity contribution in [3.63, 3.8) is 0 Å². The molecule has 0 unspecified atom stereocenters. The fourth-order valence-electron chi connectivity index (χ4n) is 1.95. The van der Waals surface area contributed by atoms with Gasteiger partial charge in [-0.1, -0.05) is 45.0 Å². The van der Waals surface area contributed by atoms with E-state index >= 15 is 0 Å². The zero-order valence-corrected chi connectivity index (χ0v) is 12.6. The first-order chi connectivity index (χ1) is 8.86. The van der Waals surface area contributed by atoms with Gasteiger partial charge in [-0.3, -0.25) is 4.79 Å². The van der Waals surface area contributed by atoms with Crippen LogP contribution in [0.25, 0.3) is 0 Å². The van der Waals surface area contributed by atoms with E-state index in [1.807, 2.05) is 20.8 Å². The minimum Gasteiger partial charge on any atom is -0.481 e. The molecule has 0 bridgehead atoms. The Morgan fingerprint density at radius 1 is 1.00 bits per heavy atom. The van der Waals surface area contributed by atoms with E-state index in [0.717, 1.165) is 5.56 Å². The fraction of sp³-hybridized carbons (Fsp3) is 0.562. The summed E-state index contributed by atoms with van der Waals surface area (Å²) in [7, 11) is 0. The number of aliphatic carboxylic acids is 1. The third-order valence-corrected chi connectivity index (χ3v) is 3.42. The van der Waals surface area contributed by atoms with Crippen LogP contribution >= 0.6 is 0 Å². The Morgan fingerprint density at radius 2 is 1.40 bits per heavy atom. The second-order valence-electron chi connectivity index (χ2n) is 6.90. The van der Waals surface area contributed by atoms with Crippen molar-refractivity contribution in [2.75, 3.05) is 0 Å². The quantitative estimate of drug-likeness (QED) is 0.879. The zero-order valence-electron chi connectivity index (χ0n) is 12.6. The topological polar surface area (TPSA) is 37.3 Å². The van der Waals surface area contributed by atoms with Gasteiger partial charge in [0.15, 0.2) is 0 Å². The molecule has 1 rings (SSSR count). The summed E-state index contributed by atoms with van der Waals surface area (Å²) < 4.78 is 28.4. The Morgan fingerprint density at radius 3 is 1.75 bits per heavy atom. The monoisotopic (exact) mass is 284 g/mol. The number of hydrogen-bond donors (Lipinski definition) is 1. The van der Waals surface area contributed by atoms with E-state index in [1.54, 1.807) is 12.1 Å². The van der Waals surface area contributed by atoms with Crippen LogP contribution in [0.4, 0.5) is 8.78 Å². The molecule has 20 heavy (non-hydrogen) atoms. The highest BCUT2D eigenvalue weighted by atomic mass is 19.3. The van der Waals surface area contributed by atoms with Crippen molar-refractivity contribution in [2.24, 2.45) is 5.41 Å². The van der Waals surface area contributed by atoms with Crippen molar-refractivity contribution in [3.05, 3.63) is 35.4 Å². The molecule has 1 N–H and O–H groups in total. The van der Waals surface area contributed by atoms with Crippen LogP contribution in [0.1, 0.15) is 52.2 Å². The molecule has 0 aliphatic heterocycles.